The van der Waals surface area contributed by atoms with Gasteiger partial charge < -0.3 is 5.73 Å². The lowest BCUT2D eigenvalue weighted by atomic mass is 9.82. The molecule has 14 heavy (non-hydrogen) atoms. The molecule has 4 heteroatoms. The van der Waals surface area contributed by atoms with Crippen molar-refractivity contribution in [1.82, 2.24) is 9.97 Å². The molecule has 0 unspecified atom stereocenters. The van der Waals surface area contributed by atoms with Crippen LogP contribution in [0, 0.1) is 0 Å². The van der Waals surface area contributed by atoms with Gasteiger partial charge in [0.25, 0.3) is 0 Å². The van der Waals surface area contributed by atoms with Crippen molar-refractivity contribution in [1.29, 1.82) is 0 Å². The lowest BCUT2D eigenvalue weighted by Gasteiger charge is -2.24. The van der Waals surface area contributed by atoms with Crippen molar-refractivity contribution in [2.45, 2.75) is 31.6 Å². The van der Waals surface area contributed by atoms with E-state index in [0.29, 0.717) is 17.2 Å². The summed E-state index contributed by atoms with van der Waals surface area (Å²) in [6.07, 6.45) is 4.70. The highest BCUT2D eigenvalue weighted by Gasteiger charge is 2.21. The molecule has 0 bridgehead atoms. The largest absolute Gasteiger partial charge is 0.330 e. The van der Waals surface area contributed by atoms with Gasteiger partial charge in [0, 0.05) is 23.7 Å². The summed E-state index contributed by atoms with van der Waals surface area (Å²) in [6.45, 7) is 0.646. The molecule has 1 heterocycles. The molecule has 0 saturated heterocycles. The van der Waals surface area contributed by atoms with Crippen LogP contribution in [0.2, 0.25) is 0 Å². The van der Waals surface area contributed by atoms with Gasteiger partial charge in [0.15, 0.2) is 4.73 Å². The van der Waals surface area contributed by atoms with Crippen LogP contribution in [0.3, 0.4) is 0 Å². The van der Waals surface area contributed by atoms with E-state index in [1.54, 1.807) is 0 Å². The predicted octanol–water partition coefficient (Wildman–Crippen LogP) is 2.01. The normalized spacial score (nSPS) is 16.7. The Kier molecular flexibility index (Phi) is 3.13. The molecule has 0 radical (unpaired) electrons. The van der Waals surface area contributed by atoms with Gasteiger partial charge in [-0.2, -0.15) is 0 Å². The molecular formula is C10H14BrN3. The minimum Gasteiger partial charge on any atom is -0.330 e. The van der Waals surface area contributed by atoms with E-state index in [1.807, 2.05) is 0 Å². The Hall–Kier alpha value is -0.480. The number of halogens is 1. The molecule has 2 N–H and O–H groups in total. The molecule has 1 fully saturated rings. The topological polar surface area (TPSA) is 51.8 Å². The van der Waals surface area contributed by atoms with Crippen LogP contribution in [-0.2, 0) is 6.42 Å². The summed E-state index contributed by atoms with van der Waals surface area (Å²) in [4.78, 5) is 8.69. The molecule has 1 aromatic heterocycles. The summed E-state index contributed by atoms with van der Waals surface area (Å²) in [5.74, 6) is 0.658. The zero-order valence-corrected chi connectivity index (χ0v) is 9.63. The molecule has 0 atom stereocenters. The number of nitrogens with zero attached hydrogens (tertiary/aromatic N) is 2. The van der Waals surface area contributed by atoms with Crippen molar-refractivity contribution < 1.29 is 0 Å². The fraction of sp³-hybridized carbons (Fsp3) is 0.600. The first-order valence-corrected chi connectivity index (χ1v) is 5.82. The van der Waals surface area contributed by atoms with Crippen LogP contribution in [0.25, 0.3) is 0 Å². The molecule has 1 aromatic rings. The first-order valence-electron chi connectivity index (χ1n) is 5.03. The predicted molar refractivity (Wildman–Crippen MR) is 59.1 cm³/mol. The summed E-state index contributed by atoms with van der Waals surface area (Å²) in [7, 11) is 0. The van der Waals surface area contributed by atoms with Crippen LogP contribution in [0.1, 0.15) is 36.6 Å². The van der Waals surface area contributed by atoms with Gasteiger partial charge in [0.05, 0.1) is 0 Å². The average Bonchev–Trinajstić information content (AvgIpc) is 1.99. The molecule has 2 rings (SSSR count). The van der Waals surface area contributed by atoms with E-state index in [0.717, 1.165) is 12.1 Å². The quantitative estimate of drug-likeness (QED) is 0.841. The minimum atomic E-state index is 0.646. The Morgan fingerprint density at radius 3 is 2.79 bits per heavy atom. The van der Waals surface area contributed by atoms with Gasteiger partial charge in [-0.25, -0.2) is 9.97 Å². The van der Waals surface area contributed by atoms with E-state index in [2.05, 4.69) is 32.0 Å². The summed E-state index contributed by atoms with van der Waals surface area (Å²) in [6, 6.07) is 2.10. The highest BCUT2D eigenvalue weighted by Crippen LogP contribution is 2.35. The molecule has 0 amide bonds. The Morgan fingerprint density at radius 2 is 2.21 bits per heavy atom. The van der Waals surface area contributed by atoms with E-state index >= 15 is 0 Å². The zero-order valence-electron chi connectivity index (χ0n) is 8.04. The lowest BCUT2D eigenvalue weighted by Crippen LogP contribution is -2.13. The highest BCUT2D eigenvalue weighted by molar-refractivity contribution is 9.10. The SMILES string of the molecule is NCCc1cc(C2CCC2)nc(Br)n1. The van der Waals surface area contributed by atoms with Crippen LogP contribution in [0.15, 0.2) is 10.8 Å². The molecule has 0 spiro atoms. The van der Waals surface area contributed by atoms with Crippen molar-refractivity contribution in [3.63, 3.8) is 0 Å². The first kappa shape index (κ1) is 10.1. The van der Waals surface area contributed by atoms with E-state index in [9.17, 15) is 0 Å². The summed E-state index contributed by atoms with van der Waals surface area (Å²) in [5, 5.41) is 0. The van der Waals surface area contributed by atoms with Crippen LogP contribution >= 0.6 is 15.9 Å². The molecule has 1 aliphatic carbocycles. The maximum absolute atomic E-state index is 5.51. The van der Waals surface area contributed by atoms with E-state index < -0.39 is 0 Å². The minimum absolute atomic E-state index is 0.646. The Balaban J connectivity index is 2.21. The molecule has 0 aromatic carbocycles. The van der Waals surface area contributed by atoms with Crippen LogP contribution < -0.4 is 5.73 Å². The fourth-order valence-corrected chi connectivity index (χ4v) is 2.11. The van der Waals surface area contributed by atoms with Gasteiger partial charge in [0.1, 0.15) is 0 Å². The second-order valence-corrected chi connectivity index (χ2v) is 4.43. The highest BCUT2D eigenvalue weighted by atomic mass is 79.9. The maximum atomic E-state index is 5.51. The Labute approximate surface area is 92.3 Å². The third kappa shape index (κ3) is 2.12. The van der Waals surface area contributed by atoms with Gasteiger partial charge in [-0.1, -0.05) is 6.42 Å². The third-order valence-electron chi connectivity index (χ3n) is 2.70. The smallest absolute Gasteiger partial charge is 0.197 e. The van der Waals surface area contributed by atoms with Gasteiger partial charge in [-0.15, -0.1) is 0 Å². The van der Waals surface area contributed by atoms with Crippen molar-refractivity contribution in [2.24, 2.45) is 5.73 Å². The number of hydrogen-bond donors (Lipinski definition) is 1. The standard InChI is InChI=1S/C10H14BrN3/c11-10-13-8(4-5-12)6-9(14-10)7-2-1-3-7/h6-7H,1-5,12H2. The third-order valence-corrected chi connectivity index (χ3v) is 3.05. The van der Waals surface area contributed by atoms with Crippen molar-refractivity contribution >= 4 is 15.9 Å². The number of nitrogens with two attached hydrogens (primary N) is 1. The van der Waals surface area contributed by atoms with E-state index in [1.165, 1.54) is 25.0 Å². The Bertz CT molecular complexity index is 323. The molecule has 1 saturated carbocycles. The van der Waals surface area contributed by atoms with E-state index in [-0.39, 0.29) is 0 Å². The van der Waals surface area contributed by atoms with Gasteiger partial charge >= 0.3 is 0 Å². The molecule has 3 nitrogen and oxygen atoms in total. The molecule has 1 aliphatic rings. The van der Waals surface area contributed by atoms with Crippen LogP contribution in [0.4, 0.5) is 0 Å². The molecule has 76 valence electrons. The maximum Gasteiger partial charge on any atom is 0.197 e. The lowest BCUT2D eigenvalue weighted by molar-refractivity contribution is 0.409. The average molecular weight is 256 g/mol. The van der Waals surface area contributed by atoms with Gasteiger partial charge in [-0.05, 0) is 41.4 Å². The Morgan fingerprint density at radius 1 is 1.43 bits per heavy atom. The summed E-state index contributed by atoms with van der Waals surface area (Å²) in [5.41, 5.74) is 7.74. The second-order valence-electron chi connectivity index (χ2n) is 3.72. The molecule has 0 aliphatic heterocycles. The summed E-state index contributed by atoms with van der Waals surface area (Å²) >= 11 is 3.34. The first-order chi connectivity index (χ1) is 6.79. The van der Waals surface area contributed by atoms with Crippen molar-refractivity contribution in [3.05, 3.63) is 22.2 Å². The van der Waals surface area contributed by atoms with E-state index in [4.69, 9.17) is 5.73 Å². The van der Waals surface area contributed by atoms with Crippen molar-refractivity contribution in [3.8, 4) is 0 Å². The second kappa shape index (κ2) is 4.36. The number of aromatic nitrogens is 2. The number of hydrogen-bond acceptors (Lipinski definition) is 3. The number of rotatable bonds is 3. The summed E-state index contributed by atoms with van der Waals surface area (Å²) < 4.78 is 0.699. The van der Waals surface area contributed by atoms with Gasteiger partial charge in [-0.3, -0.25) is 0 Å². The fourth-order valence-electron chi connectivity index (χ4n) is 1.67. The van der Waals surface area contributed by atoms with Crippen LogP contribution in [0.5, 0.6) is 0 Å². The van der Waals surface area contributed by atoms with Crippen molar-refractivity contribution in [2.75, 3.05) is 6.54 Å². The van der Waals surface area contributed by atoms with Gasteiger partial charge in [0.2, 0.25) is 0 Å². The zero-order chi connectivity index (χ0) is 9.97. The monoisotopic (exact) mass is 255 g/mol. The van der Waals surface area contributed by atoms with Crippen LogP contribution in [-0.4, -0.2) is 16.5 Å². The molecular weight excluding hydrogens is 242 g/mol.